The number of halogens is 1. The summed E-state index contributed by atoms with van der Waals surface area (Å²) in [6, 6.07) is 6.22. The van der Waals surface area contributed by atoms with Crippen molar-refractivity contribution in [2.45, 2.75) is 26.3 Å². The highest BCUT2D eigenvalue weighted by molar-refractivity contribution is 6.30. The molecule has 0 bridgehead atoms. The van der Waals surface area contributed by atoms with Gasteiger partial charge in [0.25, 0.3) is 0 Å². The molecule has 0 aliphatic heterocycles. The average Bonchev–Trinajstić information content (AvgIpc) is 2.73. The van der Waals surface area contributed by atoms with Gasteiger partial charge < -0.3 is 5.32 Å². The molecule has 0 amide bonds. The number of aromatic nitrogens is 4. The van der Waals surface area contributed by atoms with E-state index in [0.29, 0.717) is 6.42 Å². The molecule has 6 heteroatoms. The van der Waals surface area contributed by atoms with Crippen molar-refractivity contribution >= 4 is 11.6 Å². The summed E-state index contributed by atoms with van der Waals surface area (Å²) in [4.78, 5) is 1.47. The average molecular weight is 280 g/mol. The maximum atomic E-state index is 6.13. The van der Waals surface area contributed by atoms with Crippen LogP contribution in [-0.4, -0.2) is 26.8 Å². The zero-order valence-electron chi connectivity index (χ0n) is 11.4. The van der Waals surface area contributed by atoms with E-state index < -0.39 is 0 Å². The van der Waals surface area contributed by atoms with Crippen LogP contribution < -0.4 is 5.32 Å². The van der Waals surface area contributed by atoms with E-state index in [-0.39, 0.29) is 6.04 Å². The van der Waals surface area contributed by atoms with Crippen molar-refractivity contribution in [3.63, 3.8) is 0 Å². The van der Waals surface area contributed by atoms with E-state index in [1.165, 1.54) is 4.80 Å². The number of aryl methyl sites for hydroxylation is 2. The lowest BCUT2D eigenvalue weighted by molar-refractivity contribution is 0.534. The number of nitrogens with one attached hydrogen (secondary N) is 1. The maximum Gasteiger partial charge on any atom is 0.176 e. The summed E-state index contributed by atoms with van der Waals surface area (Å²) in [5, 5.41) is 16.3. The number of tetrazole rings is 1. The molecule has 0 saturated heterocycles. The lowest BCUT2D eigenvalue weighted by Crippen LogP contribution is -2.23. The van der Waals surface area contributed by atoms with Gasteiger partial charge in [0.05, 0.1) is 7.05 Å². The van der Waals surface area contributed by atoms with Gasteiger partial charge in [-0.05, 0) is 41.9 Å². The smallest absolute Gasteiger partial charge is 0.176 e. The molecule has 1 heterocycles. The van der Waals surface area contributed by atoms with Crippen LogP contribution >= 0.6 is 11.6 Å². The highest BCUT2D eigenvalue weighted by Crippen LogP contribution is 2.22. The molecule has 1 aromatic heterocycles. The molecule has 0 aliphatic carbocycles. The molecule has 1 N–H and O–H groups in total. The first kappa shape index (κ1) is 14.0. The van der Waals surface area contributed by atoms with Crippen molar-refractivity contribution in [2.75, 3.05) is 6.54 Å². The van der Waals surface area contributed by atoms with Gasteiger partial charge in [-0.25, -0.2) is 0 Å². The van der Waals surface area contributed by atoms with Gasteiger partial charge in [0.2, 0.25) is 0 Å². The lowest BCUT2D eigenvalue weighted by atomic mass is 10.0. The van der Waals surface area contributed by atoms with Crippen LogP contribution in [0.15, 0.2) is 18.2 Å². The zero-order chi connectivity index (χ0) is 13.8. The first-order valence-corrected chi connectivity index (χ1v) is 6.69. The minimum absolute atomic E-state index is 0.145. The second kappa shape index (κ2) is 6.12. The fourth-order valence-electron chi connectivity index (χ4n) is 2.11. The van der Waals surface area contributed by atoms with Crippen molar-refractivity contribution < 1.29 is 0 Å². The third-order valence-electron chi connectivity index (χ3n) is 2.85. The molecule has 1 aromatic carbocycles. The normalized spacial score (nSPS) is 12.6. The van der Waals surface area contributed by atoms with Gasteiger partial charge in [0.15, 0.2) is 5.82 Å². The van der Waals surface area contributed by atoms with Crippen LogP contribution in [0.1, 0.15) is 29.9 Å². The van der Waals surface area contributed by atoms with Crippen molar-refractivity contribution in [1.82, 2.24) is 25.5 Å². The second-order valence-corrected chi connectivity index (χ2v) is 5.01. The van der Waals surface area contributed by atoms with Gasteiger partial charge in [-0.2, -0.15) is 4.80 Å². The number of rotatable bonds is 5. The molecular weight excluding hydrogens is 262 g/mol. The Balaban J connectivity index is 2.23. The molecule has 0 aliphatic rings. The topological polar surface area (TPSA) is 55.6 Å². The van der Waals surface area contributed by atoms with Crippen LogP contribution in [0.25, 0.3) is 0 Å². The van der Waals surface area contributed by atoms with Crippen molar-refractivity contribution in [1.29, 1.82) is 0 Å². The summed E-state index contributed by atoms with van der Waals surface area (Å²) in [6.07, 6.45) is 0.696. The Labute approximate surface area is 118 Å². The molecule has 102 valence electrons. The third-order valence-corrected chi connectivity index (χ3v) is 3.07. The van der Waals surface area contributed by atoms with Crippen LogP contribution in [0.3, 0.4) is 0 Å². The monoisotopic (exact) mass is 279 g/mol. The maximum absolute atomic E-state index is 6.13. The fraction of sp³-hybridized carbons (Fsp3) is 0.462. The predicted molar refractivity (Wildman–Crippen MR) is 75.1 cm³/mol. The van der Waals surface area contributed by atoms with Crippen LogP contribution in [0.5, 0.6) is 0 Å². The zero-order valence-corrected chi connectivity index (χ0v) is 12.1. The van der Waals surface area contributed by atoms with Crippen LogP contribution in [-0.2, 0) is 13.5 Å². The SMILES string of the molecule is CCNC(Cc1nnn(C)n1)c1cc(C)cc(Cl)c1. The summed E-state index contributed by atoms with van der Waals surface area (Å²) < 4.78 is 0. The molecule has 0 saturated carbocycles. The minimum atomic E-state index is 0.145. The van der Waals surface area contributed by atoms with Gasteiger partial charge in [0.1, 0.15) is 0 Å². The molecule has 0 spiro atoms. The van der Waals surface area contributed by atoms with E-state index in [9.17, 15) is 0 Å². The molecule has 0 radical (unpaired) electrons. The lowest BCUT2D eigenvalue weighted by Gasteiger charge is -2.17. The molecule has 0 fully saturated rings. The Bertz CT molecular complexity index is 531. The van der Waals surface area contributed by atoms with Crippen molar-refractivity contribution in [3.8, 4) is 0 Å². The third kappa shape index (κ3) is 3.75. The highest BCUT2D eigenvalue weighted by atomic mass is 35.5. The molecule has 1 atom stereocenters. The molecule has 2 rings (SSSR count). The van der Waals surface area contributed by atoms with Gasteiger partial charge in [-0.3, -0.25) is 0 Å². The summed E-state index contributed by atoms with van der Waals surface area (Å²) >= 11 is 6.13. The van der Waals surface area contributed by atoms with Crippen LogP contribution in [0, 0.1) is 6.92 Å². The summed E-state index contributed by atoms with van der Waals surface area (Å²) in [5.41, 5.74) is 2.30. The molecule has 2 aromatic rings. The van der Waals surface area contributed by atoms with Crippen molar-refractivity contribution in [3.05, 3.63) is 40.2 Å². The number of hydrogen-bond donors (Lipinski definition) is 1. The molecule has 1 unspecified atom stereocenters. The summed E-state index contributed by atoms with van der Waals surface area (Å²) in [5.74, 6) is 0.728. The minimum Gasteiger partial charge on any atom is -0.310 e. The predicted octanol–water partition coefficient (Wildman–Crippen LogP) is 2.07. The quantitative estimate of drug-likeness (QED) is 0.910. The largest absolute Gasteiger partial charge is 0.310 e. The second-order valence-electron chi connectivity index (χ2n) is 4.57. The van der Waals surface area contributed by atoms with Gasteiger partial charge in [-0.1, -0.05) is 24.6 Å². The Morgan fingerprint density at radius 3 is 2.74 bits per heavy atom. The number of nitrogens with zero attached hydrogens (tertiary/aromatic N) is 4. The fourth-order valence-corrected chi connectivity index (χ4v) is 2.41. The van der Waals surface area contributed by atoms with Crippen LogP contribution in [0.4, 0.5) is 0 Å². The first-order valence-electron chi connectivity index (χ1n) is 6.32. The van der Waals surface area contributed by atoms with E-state index in [1.807, 2.05) is 19.1 Å². The Morgan fingerprint density at radius 1 is 1.37 bits per heavy atom. The van der Waals surface area contributed by atoms with Crippen LogP contribution in [0.2, 0.25) is 5.02 Å². The van der Waals surface area contributed by atoms with E-state index >= 15 is 0 Å². The van der Waals surface area contributed by atoms with E-state index in [4.69, 9.17) is 11.6 Å². The molecule has 5 nitrogen and oxygen atoms in total. The first-order chi connectivity index (χ1) is 9.08. The Kier molecular flexibility index (Phi) is 4.50. The highest BCUT2D eigenvalue weighted by Gasteiger charge is 2.15. The number of hydrogen-bond acceptors (Lipinski definition) is 4. The van der Waals surface area contributed by atoms with Gasteiger partial charge >= 0.3 is 0 Å². The molecule has 19 heavy (non-hydrogen) atoms. The Morgan fingerprint density at radius 2 is 2.16 bits per heavy atom. The van der Waals surface area contributed by atoms with E-state index in [2.05, 4.69) is 33.7 Å². The molecular formula is C13H18ClN5. The number of likely N-dealkylation sites (N-methyl/N-ethyl adjacent to an activating group) is 1. The van der Waals surface area contributed by atoms with Crippen molar-refractivity contribution in [2.24, 2.45) is 7.05 Å². The summed E-state index contributed by atoms with van der Waals surface area (Å²) in [7, 11) is 1.77. The Hall–Kier alpha value is -1.46. The number of benzene rings is 1. The van der Waals surface area contributed by atoms with Gasteiger partial charge in [-0.15, -0.1) is 10.2 Å². The standard InChI is InChI=1S/C13H18ClN5/c1-4-15-12(8-13-16-18-19(3)17-13)10-5-9(2)6-11(14)7-10/h5-7,12,15H,4,8H2,1-3H3. The van der Waals surface area contributed by atoms with E-state index in [1.54, 1.807) is 7.05 Å². The van der Waals surface area contributed by atoms with E-state index in [0.717, 1.165) is 28.5 Å². The summed E-state index contributed by atoms with van der Waals surface area (Å²) in [6.45, 7) is 4.99. The van der Waals surface area contributed by atoms with Gasteiger partial charge in [0, 0.05) is 17.5 Å².